The molecule has 1 aliphatic heterocycles. The van der Waals surface area contributed by atoms with Crippen LogP contribution in [0.25, 0.3) is 0 Å². The first-order valence-corrected chi connectivity index (χ1v) is 9.22. The van der Waals surface area contributed by atoms with E-state index >= 15 is 0 Å². The summed E-state index contributed by atoms with van der Waals surface area (Å²) in [5, 5.41) is 2.99. The normalized spacial score (nSPS) is 11.9. The standard InChI is InChI=1S/C23H22N2O3/c1-17-7-10-20(11-8-17)24-23(26)25(14-18-5-3-2-4-6-18)15-19-9-12-21-22(13-19)28-16-27-21/h2-13H,14-16H2,1H3,(H,24,26). The van der Waals surface area contributed by atoms with E-state index in [1.165, 1.54) is 0 Å². The van der Waals surface area contributed by atoms with Crippen molar-refractivity contribution in [1.82, 2.24) is 4.90 Å². The van der Waals surface area contributed by atoms with Crippen molar-refractivity contribution < 1.29 is 14.3 Å². The number of benzene rings is 3. The fourth-order valence-electron chi connectivity index (χ4n) is 3.10. The van der Waals surface area contributed by atoms with Crippen LogP contribution in [0.1, 0.15) is 16.7 Å². The van der Waals surface area contributed by atoms with E-state index in [1.807, 2.05) is 79.7 Å². The van der Waals surface area contributed by atoms with Crippen LogP contribution in [-0.4, -0.2) is 17.7 Å². The molecule has 2 amide bonds. The molecule has 5 nitrogen and oxygen atoms in total. The van der Waals surface area contributed by atoms with Gasteiger partial charge in [-0.15, -0.1) is 0 Å². The summed E-state index contributed by atoms with van der Waals surface area (Å²) < 4.78 is 10.8. The Balaban J connectivity index is 1.54. The van der Waals surface area contributed by atoms with Gasteiger partial charge >= 0.3 is 6.03 Å². The van der Waals surface area contributed by atoms with Gasteiger partial charge in [0.1, 0.15) is 0 Å². The van der Waals surface area contributed by atoms with Crippen molar-refractivity contribution in [3.05, 3.63) is 89.5 Å². The molecule has 0 saturated carbocycles. The van der Waals surface area contributed by atoms with Crippen molar-refractivity contribution in [2.24, 2.45) is 0 Å². The average Bonchev–Trinajstić information content (AvgIpc) is 3.18. The minimum Gasteiger partial charge on any atom is -0.454 e. The van der Waals surface area contributed by atoms with Crippen molar-refractivity contribution in [3.8, 4) is 11.5 Å². The van der Waals surface area contributed by atoms with Gasteiger partial charge in [-0.1, -0.05) is 54.1 Å². The van der Waals surface area contributed by atoms with Crippen LogP contribution in [0.4, 0.5) is 10.5 Å². The Morgan fingerprint density at radius 2 is 1.61 bits per heavy atom. The summed E-state index contributed by atoms with van der Waals surface area (Å²) in [6, 6.07) is 23.4. The fraction of sp³-hybridized carbons (Fsp3) is 0.174. The third-order valence-electron chi connectivity index (χ3n) is 4.62. The monoisotopic (exact) mass is 374 g/mol. The predicted molar refractivity (Wildman–Crippen MR) is 108 cm³/mol. The zero-order chi connectivity index (χ0) is 19.3. The van der Waals surface area contributed by atoms with E-state index in [0.717, 1.165) is 33.9 Å². The molecule has 28 heavy (non-hydrogen) atoms. The maximum atomic E-state index is 13.0. The molecule has 1 N–H and O–H groups in total. The van der Waals surface area contributed by atoms with Crippen molar-refractivity contribution in [2.75, 3.05) is 12.1 Å². The molecule has 0 unspecified atom stereocenters. The van der Waals surface area contributed by atoms with Gasteiger partial charge in [-0.05, 0) is 42.3 Å². The third kappa shape index (κ3) is 4.26. The molecule has 0 aliphatic carbocycles. The number of anilines is 1. The number of hydrogen-bond acceptors (Lipinski definition) is 3. The summed E-state index contributed by atoms with van der Waals surface area (Å²) in [4.78, 5) is 14.8. The number of nitrogens with zero attached hydrogens (tertiary/aromatic N) is 1. The summed E-state index contributed by atoms with van der Waals surface area (Å²) in [6.45, 7) is 3.23. The van der Waals surface area contributed by atoms with Crippen molar-refractivity contribution >= 4 is 11.7 Å². The number of amides is 2. The quantitative estimate of drug-likeness (QED) is 0.687. The maximum absolute atomic E-state index is 13.0. The predicted octanol–water partition coefficient (Wildman–Crippen LogP) is 4.96. The molecule has 0 atom stereocenters. The Labute approximate surface area is 164 Å². The van der Waals surface area contributed by atoms with E-state index in [4.69, 9.17) is 9.47 Å². The Hall–Kier alpha value is -3.47. The first-order chi connectivity index (χ1) is 13.7. The molecular formula is C23H22N2O3. The van der Waals surface area contributed by atoms with E-state index in [2.05, 4.69) is 5.32 Å². The molecule has 5 heteroatoms. The Kier molecular flexibility index (Phi) is 5.15. The number of carbonyl (C=O) groups is 1. The fourth-order valence-corrected chi connectivity index (χ4v) is 3.10. The highest BCUT2D eigenvalue weighted by atomic mass is 16.7. The number of rotatable bonds is 5. The van der Waals surface area contributed by atoms with Gasteiger partial charge in [0.25, 0.3) is 0 Å². The van der Waals surface area contributed by atoms with Gasteiger partial charge in [0.05, 0.1) is 0 Å². The van der Waals surface area contributed by atoms with Gasteiger partial charge in [-0.2, -0.15) is 0 Å². The van der Waals surface area contributed by atoms with E-state index < -0.39 is 0 Å². The van der Waals surface area contributed by atoms with Crippen LogP contribution in [0.2, 0.25) is 0 Å². The van der Waals surface area contributed by atoms with Gasteiger partial charge in [0.2, 0.25) is 6.79 Å². The zero-order valence-corrected chi connectivity index (χ0v) is 15.7. The lowest BCUT2D eigenvalue weighted by Crippen LogP contribution is -2.34. The molecule has 0 bridgehead atoms. The van der Waals surface area contributed by atoms with Crippen LogP contribution in [0.5, 0.6) is 11.5 Å². The number of carbonyl (C=O) groups excluding carboxylic acids is 1. The summed E-state index contributed by atoms with van der Waals surface area (Å²) in [7, 11) is 0. The SMILES string of the molecule is Cc1ccc(NC(=O)N(Cc2ccccc2)Cc2ccc3c(c2)OCO3)cc1. The summed E-state index contributed by atoms with van der Waals surface area (Å²) in [5.41, 5.74) is 3.99. The van der Waals surface area contributed by atoms with E-state index in [0.29, 0.717) is 13.1 Å². The van der Waals surface area contributed by atoms with Crippen LogP contribution < -0.4 is 14.8 Å². The first-order valence-electron chi connectivity index (χ1n) is 9.22. The second kappa shape index (κ2) is 8.05. The number of fused-ring (bicyclic) bond motifs is 1. The summed E-state index contributed by atoms with van der Waals surface area (Å²) in [5.74, 6) is 1.46. The molecule has 1 aliphatic rings. The largest absolute Gasteiger partial charge is 0.454 e. The van der Waals surface area contributed by atoms with E-state index in [1.54, 1.807) is 4.90 Å². The molecule has 0 radical (unpaired) electrons. The number of hydrogen-bond donors (Lipinski definition) is 1. The molecule has 3 aromatic rings. The second-order valence-corrected chi connectivity index (χ2v) is 6.83. The van der Waals surface area contributed by atoms with Gasteiger partial charge < -0.3 is 19.7 Å². The lowest BCUT2D eigenvalue weighted by atomic mass is 10.1. The summed E-state index contributed by atoms with van der Waals surface area (Å²) >= 11 is 0. The minimum atomic E-state index is -0.148. The molecule has 0 fully saturated rings. The number of nitrogens with one attached hydrogen (secondary N) is 1. The molecular weight excluding hydrogens is 352 g/mol. The minimum absolute atomic E-state index is 0.148. The van der Waals surface area contributed by atoms with Crippen LogP contribution in [0.15, 0.2) is 72.8 Å². The van der Waals surface area contributed by atoms with Crippen LogP contribution in [0.3, 0.4) is 0 Å². The highest BCUT2D eigenvalue weighted by Gasteiger charge is 2.18. The van der Waals surface area contributed by atoms with Crippen molar-refractivity contribution in [3.63, 3.8) is 0 Å². The molecule has 0 aromatic heterocycles. The number of ether oxygens (including phenoxy) is 2. The Bertz CT molecular complexity index is 955. The molecule has 3 aromatic carbocycles. The van der Waals surface area contributed by atoms with Crippen LogP contribution >= 0.6 is 0 Å². The van der Waals surface area contributed by atoms with E-state index in [9.17, 15) is 4.79 Å². The summed E-state index contributed by atoms with van der Waals surface area (Å²) in [6.07, 6.45) is 0. The first kappa shape index (κ1) is 17.9. The van der Waals surface area contributed by atoms with Gasteiger partial charge in [-0.25, -0.2) is 4.79 Å². The molecule has 0 spiro atoms. The number of aryl methyl sites for hydroxylation is 1. The molecule has 142 valence electrons. The van der Waals surface area contributed by atoms with Gasteiger partial charge in [-0.3, -0.25) is 0 Å². The highest BCUT2D eigenvalue weighted by Crippen LogP contribution is 2.33. The van der Waals surface area contributed by atoms with E-state index in [-0.39, 0.29) is 12.8 Å². The average molecular weight is 374 g/mol. The Morgan fingerprint density at radius 3 is 2.39 bits per heavy atom. The van der Waals surface area contributed by atoms with Gasteiger partial charge in [0.15, 0.2) is 11.5 Å². The Morgan fingerprint density at radius 1 is 0.893 bits per heavy atom. The van der Waals surface area contributed by atoms with Crippen molar-refractivity contribution in [1.29, 1.82) is 0 Å². The molecule has 0 saturated heterocycles. The zero-order valence-electron chi connectivity index (χ0n) is 15.7. The topological polar surface area (TPSA) is 50.8 Å². The van der Waals surface area contributed by atoms with Crippen molar-refractivity contribution in [2.45, 2.75) is 20.0 Å². The molecule has 1 heterocycles. The number of urea groups is 1. The third-order valence-corrected chi connectivity index (χ3v) is 4.62. The lowest BCUT2D eigenvalue weighted by molar-refractivity contribution is 0.174. The molecule has 4 rings (SSSR count). The van der Waals surface area contributed by atoms with Crippen LogP contribution in [0, 0.1) is 6.92 Å². The lowest BCUT2D eigenvalue weighted by Gasteiger charge is -2.24. The second-order valence-electron chi connectivity index (χ2n) is 6.83. The van der Waals surface area contributed by atoms with Crippen LogP contribution in [-0.2, 0) is 13.1 Å². The maximum Gasteiger partial charge on any atom is 0.322 e. The van der Waals surface area contributed by atoms with Gasteiger partial charge in [0, 0.05) is 18.8 Å². The highest BCUT2D eigenvalue weighted by molar-refractivity contribution is 5.89. The smallest absolute Gasteiger partial charge is 0.322 e.